The molecule has 0 spiro atoms. The molecule has 0 aliphatic carbocycles. The summed E-state index contributed by atoms with van der Waals surface area (Å²) in [6.45, 7) is 2.08. The fourth-order valence-corrected chi connectivity index (χ4v) is 4.05. The predicted molar refractivity (Wildman–Crippen MR) is 99.4 cm³/mol. The lowest BCUT2D eigenvalue weighted by atomic mass is 10.1. The van der Waals surface area contributed by atoms with E-state index in [0.29, 0.717) is 10.7 Å². The summed E-state index contributed by atoms with van der Waals surface area (Å²) in [6.07, 6.45) is 0. The topological polar surface area (TPSA) is 80.9 Å². The number of anilines is 2. The lowest BCUT2D eigenvalue weighted by Crippen LogP contribution is -2.11. The van der Waals surface area contributed by atoms with Crippen LogP contribution in [-0.4, -0.2) is 16.1 Å². The van der Waals surface area contributed by atoms with Gasteiger partial charge in [0, 0.05) is 16.5 Å². The SMILES string of the molecule is C[C@H](Sc1nnc(N)s1)c1cccc(NC(=O)c2ccccc2)c1. The van der Waals surface area contributed by atoms with E-state index in [0.717, 1.165) is 15.6 Å². The van der Waals surface area contributed by atoms with Crippen molar-refractivity contribution in [2.75, 3.05) is 11.1 Å². The molecule has 0 radical (unpaired) electrons. The van der Waals surface area contributed by atoms with Gasteiger partial charge in [0.25, 0.3) is 5.91 Å². The van der Waals surface area contributed by atoms with Crippen LogP contribution in [0, 0.1) is 0 Å². The number of hydrogen-bond acceptors (Lipinski definition) is 6. The Balaban J connectivity index is 1.70. The third-order valence-corrected chi connectivity index (χ3v) is 5.34. The third-order valence-electron chi connectivity index (χ3n) is 3.35. The summed E-state index contributed by atoms with van der Waals surface area (Å²) < 4.78 is 0.832. The number of carbonyl (C=O) groups is 1. The second-order valence-corrected chi connectivity index (χ2v) is 7.71. The van der Waals surface area contributed by atoms with Crippen molar-refractivity contribution in [1.82, 2.24) is 10.2 Å². The Bertz CT molecular complexity index is 835. The minimum Gasteiger partial charge on any atom is -0.374 e. The number of nitrogen functional groups attached to an aromatic ring is 1. The number of benzene rings is 2. The van der Waals surface area contributed by atoms with Crippen molar-refractivity contribution in [3.05, 3.63) is 65.7 Å². The Morgan fingerprint density at radius 3 is 2.67 bits per heavy atom. The number of nitrogens with zero attached hydrogens (tertiary/aromatic N) is 2. The van der Waals surface area contributed by atoms with Crippen molar-refractivity contribution >= 4 is 39.8 Å². The number of hydrogen-bond donors (Lipinski definition) is 2. The van der Waals surface area contributed by atoms with Gasteiger partial charge < -0.3 is 11.1 Å². The van der Waals surface area contributed by atoms with Crippen LogP contribution in [0.4, 0.5) is 10.8 Å². The van der Waals surface area contributed by atoms with E-state index < -0.39 is 0 Å². The summed E-state index contributed by atoms with van der Waals surface area (Å²) >= 11 is 2.97. The van der Waals surface area contributed by atoms with Crippen LogP contribution >= 0.6 is 23.1 Å². The van der Waals surface area contributed by atoms with E-state index in [1.165, 1.54) is 11.3 Å². The summed E-state index contributed by atoms with van der Waals surface area (Å²) in [7, 11) is 0. The molecule has 3 aromatic rings. The Morgan fingerprint density at radius 2 is 1.96 bits per heavy atom. The number of carbonyl (C=O) groups excluding carboxylic acids is 1. The van der Waals surface area contributed by atoms with Gasteiger partial charge in [0.2, 0.25) is 5.13 Å². The largest absolute Gasteiger partial charge is 0.374 e. The quantitative estimate of drug-likeness (QED) is 0.669. The van der Waals surface area contributed by atoms with Crippen molar-refractivity contribution < 1.29 is 4.79 Å². The smallest absolute Gasteiger partial charge is 0.255 e. The Kier molecular flexibility index (Phi) is 5.12. The molecule has 2 aromatic carbocycles. The standard InChI is InChI=1S/C17H16N4OS2/c1-11(23-17-21-20-16(18)24-17)13-8-5-9-14(10-13)19-15(22)12-6-3-2-4-7-12/h2-11H,1H3,(H2,18,20)(H,19,22)/t11-/m0/s1. The van der Waals surface area contributed by atoms with E-state index >= 15 is 0 Å². The molecule has 0 saturated carbocycles. The van der Waals surface area contributed by atoms with Gasteiger partial charge in [-0.1, -0.05) is 53.4 Å². The van der Waals surface area contributed by atoms with Gasteiger partial charge in [-0.05, 0) is 36.8 Å². The zero-order valence-electron chi connectivity index (χ0n) is 13.0. The minimum absolute atomic E-state index is 0.120. The summed E-state index contributed by atoms with van der Waals surface area (Å²) in [4.78, 5) is 12.2. The molecule has 1 aromatic heterocycles. The summed E-state index contributed by atoms with van der Waals surface area (Å²) in [5.41, 5.74) is 8.11. The predicted octanol–water partition coefficient (Wildman–Crippen LogP) is 4.23. The first kappa shape index (κ1) is 16.5. The monoisotopic (exact) mass is 356 g/mol. The van der Waals surface area contributed by atoms with Gasteiger partial charge in [-0.15, -0.1) is 10.2 Å². The van der Waals surface area contributed by atoms with E-state index in [-0.39, 0.29) is 11.2 Å². The average molecular weight is 356 g/mol. The molecule has 0 unspecified atom stereocenters. The Hall–Kier alpha value is -2.38. The van der Waals surface area contributed by atoms with Gasteiger partial charge in [-0.2, -0.15) is 0 Å². The molecule has 3 rings (SSSR count). The van der Waals surface area contributed by atoms with E-state index in [1.807, 2.05) is 42.5 Å². The molecule has 0 saturated heterocycles. The van der Waals surface area contributed by atoms with Crippen LogP contribution in [0.5, 0.6) is 0 Å². The summed E-state index contributed by atoms with van der Waals surface area (Å²) in [6, 6.07) is 17.0. The second-order valence-electron chi connectivity index (χ2n) is 5.11. The number of nitrogens with one attached hydrogen (secondary N) is 1. The normalized spacial score (nSPS) is 11.9. The lowest BCUT2D eigenvalue weighted by Gasteiger charge is -2.12. The fraction of sp³-hybridized carbons (Fsp3) is 0.118. The first-order valence-electron chi connectivity index (χ1n) is 7.34. The molecule has 0 bridgehead atoms. The van der Waals surface area contributed by atoms with Crippen LogP contribution in [0.2, 0.25) is 0 Å². The van der Waals surface area contributed by atoms with E-state index in [2.05, 4.69) is 22.4 Å². The lowest BCUT2D eigenvalue weighted by molar-refractivity contribution is 0.102. The maximum atomic E-state index is 12.2. The molecule has 3 N–H and O–H groups in total. The zero-order valence-corrected chi connectivity index (χ0v) is 14.6. The number of aromatic nitrogens is 2. The molecule has 122 valence electrons. The van der Waals surface area contributed by atoms with Gasteiger partial charge in [0.15, 0.2) is 4.34 Å². The van der Waals surface area contributed by atoms with Crippen molar-refractivity contribution in [2.24, 2.45) is 0 Å². The van der Waals surface area contributed by atoms with Gasteiger partial charge >= 0.3 is 0 Å². The molecular formula is C17H16N4OS2. The Labute approximate surface area is 148 Å². The molecule has 5 nitrogen and oxygen atoms in total. The number of rotatable bonds is 5. The highest BCUT2D eigenvalue weighted by Gasteiger charge is 2.12. The first-order chi connectivity index (χ1) is 11.6. The highest BCUT2D eigenvalue weighted by Crippen LogP contribution is 2.37. The highest BCUT2D eigenvalue weighted by atomic mass is 32.2. The molecule has 24 heavy (non-hydrogen) atoms. The van der Waals surface area contributed by atoms with E-state index in [9.17, 15) is 4.79 Å². The molecule has 0 fully saturated rings. The van der Waals surface area contributed by atoms with Gasteiger partial charge in [-0.3, -0.25) is 4.79 Å². The molecule has 1 atom stereocenters. The van der Waals surface area contributed by atoms with Crippen LogP contribution in [0.3, 0.4) is 0 Å². The van der Waals surface area contributed by atoms with Crippen molar-refractivity contribution in [2.45, 2.75) is 16.5 Å². The fourth-order valence-electron chi connectivity index (χ4n) is 2.15. The van der Waals surface area contributed by atoms with Crippen LogP contribution in [0.1, 0.15) is 28.1 Å². The molecule has 1 heterocycles. The van der Waals surface area contributed by atoms with Crippen LogP contribution in [0.15, 0.2) is 58.9 Å². The van der Waals surface area contributed by atoms with Crippen LogP contribution in [0.25, 0.3) is 0 Å². The number of amides is 1. The van der Waals surface area contributed by atoms with E-state index in [4.69, 9.17) is 5.73 Å². The molecular weight excluding hydrogens is 340 g/mol. The molecule has 1 amide bonds. The van der Waals surface area contributed by atoms with Crippen LogP contribution in [-0.2, 0) is 0 Å². The second kappa shape index (κ2) is 7.46. The Morgan fingerprint density at radius 1 is 1.17 bits per heavy atom. The molecule has 0 aliphatic heterocycles. The average Bonchev–Trinajstić information content (AvgIpc) is 3.00. The number of thioether (sulfide) groups is 1. The summed E-state index contributed by atoms with van der Waals surface area (Å²) in [5, 5.41) is 11.4. The number of nitrogens with two attached hydrogens (primary N) is 1. The van der Waals surface area contributed by atoms with Gasteiger partial charge in [-0.25, -0.2) is 0 Å². The van der Waals surface area contributed by atoms with Crippen LogP contribution < -0.4 is 11.1 Å². The maximum Gasteiger partial charge on any atom is 0.255 e. The summed E-state index contributed by atoms with van der Waals surface area (Å²) in [5.74, 6) is -0.120. The van der Waals surface area contributed by atoms with Gasteiger partial charge in [0.05, 0.1) is 0 Å². The van der Waals surface area contributed by atoms with Crippen molar-refractivity contribution in [1.29, 1.82) is 0 Å². The molecule has 7 heteroatoms. The molecule has 0 aliphatic rings. The van der Waals surface area contributed by atoms with Crippen molar-refractivity contribution in [3.8, 4) is 0 Å². The highest BCUT2D eigenvalue weighted by molar-refractivity contribution is 8.01. The third kappa shape index (κ3) is 4.12. The minimum atomic E-state index is -0.120. The zero-order chi connectivity index (χ0) is 16.9. The maximum absolute atomic E-state index is 12.2. The first-order valence-corrected chi connectivity index (χ1v) is 9.03. The van der Waals surface area contributed by atoms with Gasteiger partial charge in [0.1, 0.15) is 0 Å². The van der Waals surface area contributed by atoms with E-state index in [1.54, 1.807) is 23.9 Å². The van der Waals surface area contributed by atoms with Crippen molar-refractivity contribution in [3.63, 3.8) is 0 Å².